The number of halogens is 1. The zero-order valence-electron chi connectivity index (χ0n) is 9.13. The average Bonchev–Trinajstić information content (AvgIpc) is 2.76. The molecular formula is C11H10IN3O2. The second-order valence-corrected chi connectivity index (χ2v) is 4.47. The van der Waals surface area contributed by atoms with Crippen LogP contribution in [-0.4, -0.2) is 27.3 Å². The van der Waals surface area contributed by atoms with Crippen molar-refractivity contribution in [2.45, 2.75) is 6.92 Å². The van der Waals surface area contributed by atoms with Crippen molar-refractivity contribution in [1.82, 2.24) is 14.8 Å². The zero-order valence-corrected chi connectivity index (χ0v) is 11.3. The summed E-state index contributed by atoms with van der Waals surface area (Å²) in [5, 5.41) is 4.13. The first-order chi connectivity index (χ1) is 8.20. The molecule has 0 saturated carbocycles. The van der Waals surface area contributed by atoms with E-state index in [-0.39, 0.29) is 5.97 Å². The van der Waals surface area contributed by atoms with E-state index in [1.807, 2.05) is 6.20 Å². The van der Waals surface area contributed by atoms with Gasteiger partial charge in [-0.05, 0) is 41.6 Å². The first-order valence-electron chi connectivity index (χ1n) is 5.04. The van der Waals surface area contributed by atoms with Gasteiger partial charge in [0.25, 0.3) is 0 Å². The average molecular weight is 343 g/mol. The molecule has 5 nitrogen and oxygen atoms in total. The molecule has 0 saturated heterocycles. The highest BCUT2D eigenvalue weighted by atomic mass is 127. The first-order valence-corrected chi connectivity index (χ1v) is 6.12. The third-order valence-corrected chi connectivity index (χ3v) is 2.60. The number of pyridine rings is 1. The van der Waals surface area contributed by atoms with Gasteiger partial charge in [-0.1, -0.05) is 0 Å². The Kier molecular flexibility index (Phi) is 3.72. The van der Waals surface area contributed by atoms with Crippen molar-refractivity contribution in [3.8, 4) is 5.82 Å². The van der Waals surface area contributed by atoms with Crippen molar-refractivity contribution in [3.05, 3.63) is 39.9 Å². The molecule has 0 N–H and O–H groups in total. The van der Waals surface area contributed by atoms with E-state index in [4.69, 9.17) is 4.74 Å². The Morgan fingerprint density at radius 3 is 2.82 bits per heavy atom. The molecule has 0 amide bonds. The summed E-state index contributed by atoms with van der Waals surface area (Å²) < 4.78 is 7.55. The number of nitrogens with zero attached hydrogens (tertiary/aromatic N) is 3. The minimum atomic E-state index is -0.360. The predicted octanol–water partition coefficient (Wildman–Crippen LogP) is 2.05. The van der Waals surface area contributed by atoms with Gasteiger partial charge in [-0.3, -0.25) is 0 Å². The summed E-state index contributed by atoms with van der Waals surface area (Å²) in [5.41, 5.74) is 0.442. The molecule has 6 heteroatoms. The molecule has 0 aliphatic heterocycles. The molecule has 0 fully saturated rings. The van der Waals surface area contributed by atoms with Crippen molar-refractivity contribution in [2.75, 3.05) is 6.61 Å². The number of hydrogen-bond donors (Lipinski definition) is 0. The summed E-state index contributed by atoms with van der Waals surface area (Å²) in [5.74, 6) is 0.308. The maximum absolute atomic E-state index is 11.4. The number of esters is 1. The molecule has 2 aromatic rings. The quantitative estimate of drug-likeness (QED) is 0.632. The molecule has 0 spiro atoms. The summed E-state index contributed by atoms with van der Waals surface area (Å²) in [6.45, 7) is 2.13. The number of rotatable bonds is 3. The minimum absolute atomic E-state index is 0.359. The van der Waals surface area contributed by atoms with Gasteiger partial charge in [0.2, 0.25) is 0 Å². The van der Waals surface area contributed by atoms with E-state index < -0.39 is 0 Å². The second-order valence-electron chi connectivity index (χ2n) is 3.23. The first kappa shape index (κ1) is 12.0. The lowest BCUT2D eigenvalue weighted by Gasteiger charge is -2.03. The molecule has 0 unspecified atom stereocenters. The van der Waals surface area contributed by atoms with Crippen LogP contribution in [0.4, 0.5) is 0 Å². The fraction of sp³-hybridized carbons (Fsp3) is 0.182. The van der Waals surface area contributed by atoms with E-state index in [2.05, 4.69) is 32.7 Å². The SMILES string of the molecule is CCOC(=O)c1ccc(-n2cc(I)cn2)nc1. The molecule has 88 valence electrons. The Balaban J connectivity index is 2.21. The normalized spacial score (nSPS) is 10.2. The molecule has 0 aromatic carbocycles. The number of aromatic nitrogens is 3. The van der Waals surface area contributed by atoms with Crippen molar-refractivity contribution in [2.24, 2.45) is 0 Å². The van der Waals surface area contributed by atoms with E-state index in [1.165, 1.54) is 6.20 Å². The topological polar surface area (TPSA) is 57.0 Å². The fourth-order valence-electron chi connectivity index (χ4n) is 1.28. The standard InChI is InChI=1S/C11H10IN3O2/c1-2-17-11(16)8-3-4-10(13-5-8)15-7-9(12)6-14-15/h3-7H,2H2,1H3. The van der Waals surface area contributed by atoms with Gasteiger partial charge in [-0.15, -0.1) is 0 Å². The van der Waals surface area contributed by atoms with Crippen molar-refractivity contribution in [3.63, 3.8) is 0 Å². The van der Waals surface area contributed by atoms with Crippen molar-refractivity contribution >= 4 is 28.6 Å². The van der Waals surface area contributed by atoms with Crippen LogP contribution in [0.5, 0.6) is 0 Å². The van der Waals surface area contributed by atoms with Gasteiger partial charge in [0, 0.05) is 12.4 Å². The van der Waals surface area contributed by atoms with E-state index in [0.29, 0.717) is 18.0 Å². The van der Waals surface area contributed by atoms with Crippen LogP contribution in [0.1, 0.15) is 17.3 Å². The summed E-state index contributed by atoms with van der Waals surface area (Å²) in [4.78, 5) is 15.6. The van der Waals surface area contributed by atoms with E-state index >= 15 is 0 Å². The van der Waals surface area contributed by atoms with Gasteiger partial charge in [-0.25, -0.2) is 14.5 Å². The van der Waals surface area contributed by atoms with Crippen LogP contribution >= 0.6 is 22.6 Å². The molecule has 0 aliphatic rings. The molecule has 2 rings (SSSR count). The Morgan fingerprint density at radius 2 is 2.29 bits per heavy atom. The van der Waals surface area contributed by atoms with Gasteiger partial charge in [-0.2, -0.15) is 5.10 Å². The largest absolute Gasteiger partial charge is 0.462 e. The summed E-state index contributed by atoms with van der Waals surface area (Å²) in [6, 6.07) is 3.41. The van der Waals surface area contributed by atoms with Crippen LogP contribution < -0.4 is 0 Å². The smallest absolute Gasteiger partial charge is 0.339 e. The lowest BCUT2D eigenvalue weighted by molar-refractivity contribution is 0.0526. The number of carbonyl (C=O) groups is 1. The molecule has 0 atom stereocenters. The van der Waals surface area contributed by atoms with Gasteiger partial charge < -0.3 is 4.74 Å². The molecular weight excluding hydrogens is 333 g/mol. The third-order valence-electron chi connectivity index (χ3n) is 2.04. The second kappa shape index (κ2) is 5.26. The summed E-state index contributed by atoms with van der Waals surface area (Å²) in [6.07, 6.45) is 5.08. The molecule has 2 aromatic heterocycles. The van der Waals surface area contributed by atoms with E-state index in [0.717, 1.165) is 3.57 Å². The van der Waals surface area contributed by atoms with Gasteiger partial charge in [0.1, 0.15) is 0 Å². The highest BCUT2D eigenvalue weighted by Gasteiger charge is 2.07. The van der Waals surface area contributed by atoms with Crippen LogP contribution in [0.25, 0.3) is 5.82 Å². The number of hydrogen-bond acceptors (Lipinski definition) is 4. The van der Waals surface area contributed by atoms with E-state index in [1.54, 1.807) is 29.9 Å². The number of carbonyl (C=O) groups excluding carboxylic acids is 1. The van der Waals surface area contributed by atoms with Crippen molar-refractivity contribution in [1.29, 1.82) is 0 Å². The molecule has 2 heterocycles. The van der Waals surface area contributed by atoms with Crippen LogP contribution in [0.3, 0.4) is 0 Å². The van der Waals surface area contributed by atoms with Crippen LogP contribution in [0.2, 0.25) is 0 Å². The Hall–Kier alpha value is -1.44. The zero-order chi connectivity index (χ0) is 12.3. The van der Waals surface area contributed by atoms with Crippen LogP contribution in [-0.2, 0) is 4.74 Å². The third kappa shape index (κ3) is 2.82. The highest BCUT2D eigenvalue weighted by molar-refractivity contribution is 14.1. The Morgan fingerprint density at radius 1 is 1.47 bits per heavy atom. The summed E-state index contributed by atoms with van der Waals surface area (Å²) in [7, 11) is 0. The van der Waals surface area contributed by atoms with Gasteiger partial charge >= 0.3 is 5.97 Å². The van der Waals surface area contributed by atoms with Gasteiger partial charge in [0.15, 0.2) is 5.82 Å². The monoisotopic (exact) mass is 343 g/mol. The molecule has 0 aliphatic carbocycles. The molecule has 0 bridgehead atoms. The lowest BCUT2D eigenvalue weighted by Crippen LogP contribution is -2.06. The Labute approximate surface area is 112 Å². The maximum Gasteiger partial charge on any atom is 0.339 e. The molecule has 17 heavy (non-hydrogen) atoms. The Bertz CT molecular complexity index is 522. The fourth-order valence-corrected chi connectivity index (χ4v) is 1.67. The maximum atomic E-state index is 11.4. The highest BCUT2D eigenvalue weighted by Crippen LogP contribution is 2.09. The van der Waals surface area contributed by atoms with Gasteiger partial charge in [0.05, 0.1) is 21.9 Å². The number of ether oxygens (including phenoxy) is 1. The van der Waals surface area contributed by atoms with E-state index in [9.17, 15) is 4.79 Å². The van der Waals surface area contributed by atoms with Crippen LogP contribution in [0, 0.1) is 3.57 Å². The lowest BCUT2D eigenvalue weighted by atomic mass is 10.3. The molecule has 0 radical (unpaired) electrons. The van der Waals surface area contributed by atoms with Crippen LogP contribution in [0.15, 0.2) is 30.7 Å². The predicted molar refractivity (Wildman–Crippen MR) is 70.0 cm³/mol. The summed E-state index contributed by atoms with van der Waals surface area (Å²) >= 11 is 2.17. The van der Waals surface area contributed by atoms with Crippen molar-refractivity contribution < 1.29 is 9.53 Å². The minimum Gasteiger partial charge on any atom is -0.462 e.